The largest absolute Gasteiger partial charge is 0.310 e. The molecule has 3 rings (SSSR count). The zero-order valence-corrected chi connectivity index (χ0v) is 14.3. The summed E-state index contributed by atoms with van der Waals surface area (Å²) in [4.78, 5) is 4.05. The first-order chi connectivity index (χ1) is 10.9. The van der Waals surface area contributed by atoms with Crippen molar-refractivity contribution in [3.8, 4) is 5.69 Å². The molecule has 1 fully saturated rings. The number of benzene rings is 1. The van der Waals surface area contributed by atoms with Crippen LogP contribution in [0.1, 0.15) is 31.4 Å². The van der Waals surface area contributed by atoms with Crippen molar-refractivity contribution >= 4 is 9.84 Å². The van der Waals surface area contributed by atoms with Crippen LogP contribution in [0.4, 0.5) is 0 Å². The zero-order chi connectivity index (χ0) is 16.4. The minimum absolute atomic E-state index is 0.126. The number of hydrogen-bond donors (Lipinski definition) is 1. The predicted octanol–water partition coefficient (Wildman–Crippen LogP) is 2.35. The molecule has 0 amide bonds. The first kappa shape index (κ1) is 16.2. The van der Waals surface area contributed by atoms with Crippen LogP contribution in [0.3, 0.4) is 0 Å². The molecule has 1 aromatic carbocycles. The molecule has 0 spiro atoms. The minimum Gasteiger partial charge on any atom is -0.310 e. The molecule has 1 atom stereocenters. The van der Waals surface area contributed by atoms with E-state index in [1.54, 1.807) is 12.5 Å². The number of nitrogens with zero attached hydrogens (tertiary/aromatic N) is 2. The second-order valence-electron chi connectivity index (χ2n) is 6.48. The molecular formula is C17H23N3O2S. The Balaban J connectivity index is 1.50. The van der Waals surface area contributed by atoms with Crippen molar-refractivity contribution in [1.29, 1.82) is 0 Å². The van der Waals surface area contributed by atoms with Gasteiger partial charge in [0.05, 0.1) is 11.6 Å². The monoisotopic (exact) mass is 333 g/mol. The van der Waals surface area contributed by atoms with Gasteiger partial charge in [-0.1, -0.05) is 12.1 Å². The Morgan fingerprint density at radius 2 is 2.00 bits per heavy atom. The van der Waals surface area contributed by atoms with Gasteiger partial charge < -0.3 is 9.88 Å². The minimum atomic E-state index is -2.85. The van der Waals surface area contributed by atoms with Gasteiger partial charge in [0.15, 0.2) is 0 Å². The maximum atomic E-state index is 11.4. The molecule has 2 aromatic rings. The molecule has 5 nitrogen and oxygen atoms in total. The Labute approximate surface area is 137 Å². The molecule has 1 heterocycles. The molecule has 0 saturated heterocycles. The predicted molar refractivity (Wildman–Crippen MR) is 91.3 cm³/mol. The summed E-state index contributed by atoms with van der Waals surface area (Å²) in [6.45, 7) is 3.01. The van der Waals surface area contributed by atoms with Crippen LogP contribution in [-0.2, 0) is 9.84 Å². The van der Waals surface area contributed by atoms with Crippen LogP contribution < -0.4 is 5.32 Å². The van der Waals surface area contributed by atoms with Crippen LogP contribution >= 0.6 is 0 Å². The highest BCUT2D eigenvalue weighted by Crippen LogP contribution is 2.32. The molecule has 6 heteroatoms. The molecule has 1 aliphatic carbocycles. The van der Waals surface area contributed by atoms with Crippen LogP contribution in [0, 0.1) is 5.92 Å². The summed E-state index contributed by atoms with van der Waals surface area (Å²) < 4.78 is 24.8. The van der Waals surface area contributed by atoms with E-state index in [0.717, 1.165) is 25.1 Å². The summed E-state index contributed by atoms with van der Waals surface area (Å²) in [6, 6.07) is 8.65. The highest BCUT2D eigenvalue weighted by atomic mass is 32.2. The lowest BCUT2D eigenvalue weighted by Crippen LogP contribution is -2.40. The molecule has 23 heavy (non-hydrogen) atoms. The number of sulfone groups is 1. The normalized spacial score (nSPS) is 22.5. The molecule has 1 saturated carbocycles. The Hall–Kier alpha value is -1.66. The van der Waals surface area contributed by atoms with Crippen molar-refractivity contribution in [1.82, 2.24) is 14.9 Å². The third kappa shape index (κ3) is 3.82. The number of imidazole rings is 1. The second-order valence-corrected chi connectivity index (χ2v) is 8.81. The van der Waals surface area contributed by atoms with Gasteiger partial charge in [-0.2, -0.15) is 0 Å². The molecule has 1 aliphatic rings. The van der Waals surface area contributed by atoms with Gasteiger partial charge >= 0.3 is 0 Å². The van der Waals surface area contributed by atoms with Crippen molar-refractivity contribution < 1.29 is 8.42 Å². The van der Waals surface area contributed by atoms with Crippen LogP contribution in [0.2, 0.25) is 0 Å². The lowest BCUT2D eigenvalue weighted by atomic mass is 9.84. The summed E-state index contributed by atoms with van der Waals surface area (Å²) >= 11 is 0. The molecule has 1 aromatic heterocycles. The fourth-order valence-electron chi connectivity index (χ4n) is 3.00. The van der Waals surface area contributed by atoms with Gasteiger partial charge in [0.1, 0.15) is 9.84 Å². The van der Waals surface area contributed by atoms with Crippen molar-refractivity contribution in [2.75, 3.05) is 12.8 Å². The van der Waals surface area contributed by atoms with E-state index in [9.17, 15) is 8.42 Å². The van der Waals surface area contributed by atoms with E-state index in [-0.39, 0.29) is 11.3 Å². The SMILES string of the molecule is CC(NCC1CC(S(C)(=O)=O)C1)c1ccc(-n2ccnc2)cc1. The van der Waals surface area contributed by atoms with E-state index < -0.39 is 9.84 Å². The Kier molecular flexibility index (Phi) is 4.55. The average molecular weight is 333 g/mol. The van der Waals surface area contributed by atoms with E-state index in [1.165, 1.54) is 11.8 Å². The summed E-state index contributed by atoms with van der Waals surface area (Å²) in [7, 11) is -2.85. The molecule has 124 valence electrons. The summed E-state index contributed by atoms with van der Waals surface area (Å²) in [5, 5.41) is 3.39. The van der Waals surface area contributed by atoms with Crippen molar-refractivity contribution in [3.05, 3.63) is 48.5 Å². The maximum Gasteiger partial charge on any atom is 0.150 e. The average Bonchev–Trinajstić information content (AvgIpc) is 2.98. The Morgan fingerprint density at radius 1 is 1.30 bits per heavy atom. The van der Waals surface area contributed by atoms with Gasteiger partial charge in [-0.3, -0.25) is 0 Å². The number of rotatable bonds is 6. The molecule has 1 N–H and O–H groups in total. The summed E-state index contributed by atoms with van der Waals surface area (Å²) in [5.74, 6) is 0.474. The lowest BCUT2D eigenvalue weighted by Gasteiger charge is -2.34. The smallest absolute Gasteiger partial charge is 0.150 e. The van der Waals surface area contributed by atoms with Crippen LogP contribution in [0.25, 0.3) is 5.69 Å². The van der Waals surface area contributed by atoms with Gasteiger partial charge in [-0.25, -0.2) is 13.4 Å². The molecule has 0 aliphatic heterocycles. The van der Waals surface area contributed by atoms with Crippen LogP contribution in [0.5, 0.6) is 0 Å². The maximum absolute atomic E-state index is 11.4. The fraction of sp³-hybridized carbons (Fsp3) is 0.471. The van der Waals surface area contributed by atoms with Crippen molar-refractivity contribution in [2.24, 2.45) is 5.92 Å². The second kappa shape index (κ2) is 6.45. The number of hydrogen-bond acceptors (Lipinski definition) is 4. The van der Waals surface area contributed by atoms with E-state index in [4.69, 9.17) is 0 Å². The number of nitrogens with one attached hydrogen (secondary N) is 1. The quantitative estimate of drug-likeness (QED) is 0.881. The zero-order valence-electron chi connectivity index (χ0n) is 13.5. The summed E-state index contributed by atoms with van der Waals surface area (Å²) in [5.41, 5.74) is 2.32. The summed E-state index contributed by atoms with van der Waals surface area (Å²) in [6.07, 6.45) is 8.39. The molecule has 0 radical (unpaired) electrons. The highest BCUT2D eigenvalue weighted by molar-refractivity contribution is 7.91. The van der Waals surface area contributed by atoms with Crippen molar-refractivity contribution in [2.45, 2.75) is 31.1 Å². The highest BCUT2D eigenvalue weighted by Gasteiger charge is 2.35. The Bertz CT molecular complexity index is 733. The van der Waals surface area contributed by atoms with Crippen LogP contribution in [-0.4, -0.2) is 36.0 Å². The van der Waals surface area contributed by atoms with Crippen molar-refractivity contribution in [3.63, 3.8) is 0 Å². The van der Waals surface area contributed by atoms with Gasteiger partial charge in [0.25, 0.3) is 0 Å². The number of aromatic nitrogens is 2. The first-order valence-electron chi connectivity index (χ1n) is 7.94. The van der Waals surface area contributed by atoms with Gasteiger partial charge in [0.2, 0.25) is 0 Å². The topological polar surface area (TPSA) is 64.0 Å². The molecule has 0 bridgehead atoms. The van der Waals surface area contributed by atoms with Gasteiger partial charge in [0, 0.05) is 30.4 Å². The lowest BCUT2D eigenvalue weighted by molar-refractivity contribution is 0.294. The van der Waals surface area contributed by atoms with Gasteiger partial charge in [-0.05, 0) is 49.9 Å². The van der Waals surface area contributed by atoms with E-state index in [0.29, 0.717) is 5.92 Å². The Morgan fingerprint density at radius 3 is 2.57 bits per heavy atom. The van der Waals surface area contributed by atoms with E-state index >= 15 is 0 Å². The standard InChI is InChI=1S/C17H23N3O2S/c1-13(19-11-14-9-17(10-14)23(2,21)22)15-3-5-16(6-4-15)20-8-7-18-12-20/h3-8,12-14,17,19H,9-11H2,1-2H3. The van der Waals surface area contributed by atoms with Gasteiger partial charge in [-0.15, -0.1) is 0 Å². The van der Waals surface area contributed by atoms with Crippen LogP contribution in [0.15, 0.2) is 43.0 Å². The fourth-order valence-corrected chi connectivity index (χ4v) is 4.24. The first-order valence-corrected chi connectivity index (χ1v) is 9.89. The van der Waals surface area contributed by atoms with E-state index in [2.05, 4.69) is 41.5 Å². The molecular weight excluding hydrogens is 310 g/mol. The third-order valence-electron chi connectivity index (χ3n) is 4.71. The molecule has 1 unspecified atom stereocenters. The third-order valence-corrected chi connectivity index (χ3v) is 6.30. The van der Waals surface area contributed by atoms with E-state index in [1.807, 2.05) is 10.8 Å².